The van der Waals surface area contributed by atoms with Crippen LogP contribution in [0, 0.1) is 0 Å². The van der Waals surface area contributed by atoms with Gasteiger partial charge in [0.25, 0.3) is 0 Å². The van der Waals surface area contributed by atoms with Gasteiger partial charge in [-0.3, -0.25) is 4.90 Å². The van der Waals surface area contributed by atoms with Crippen LogP contribution in [0.1, 0.15) is 19.8 Å². The first kappa shape index (κ1) is 29.3. The minimum absolute atomic E-state index is 0. The normalized spacial score (nSPS) is 11.2. The van der Waals surface area contributed by atoms with Gasteiger partial charge in [0.05, 0.1) is 0 Å². The monoisotopic (exact) mass is 326 g/mol. The number of rotatable bonds is 7. The first-order valence-corrected chi connectivity index (χ1v) is 7.84. The molecule has 0 aromatic carbocycles. The fourth-order valence-corrected chi connectivity index (χ4v) is 2.68. The van der Waals surface area contributed by atoms with Gasteiger partial charge in [0.1, 0.15) is 0 Å². The molecule has 0 rings (SSSR count). The van der Waals surface area contributed by atoms with Crippen LogP contribution in [0.5, 0.6) is 0 Å². The number of unbranched alkanes of at least 4 members (excludes halogenated alkanes) is 1. The molecule has 0 saturated carbocycles. The van der Waals surface area contributed by atoms with Crippen molar-refractivity contribution in [2.75, 3.05) is 19.1 Å². The number of hydrogen-bond donors (Lipinski definition) is 0. The van der Waals surface area contributed by atoms with Crippen LogP contribution in [-0.2, 0) is 9.13 Å². The van der Waals surface area contributed by atoms with Crippen LogP contribution in [0.25, 0.3) is 0 Å². The Morgan fingerprint density at radius 2 is 1.22 bits per heavy atom. The molecule has 0 unspecified atom stereocenters. The topological polar surface area (TPSA) is 130 Å². The van der Waals surface area contributed by atoms with E-state index < -0.39 is 27.8 Å². The summed E-state index contributed by atoms with van der Waals surface area (Å²) in [6.07, 6.45) is -0.594. The smallest absolute Gasteiger partial charge is 0.810 e. The summed E-state index contributed by atoms with van der Waals surface area (Å²) in [4.78, 5) is 42.6. The van der Waals surface area contributed by atoms with Gasteiger partial charge in [-0.05, 0) is 13.0 Å². The van der Waals surface area contributed by atoms with Crippen molar-refractivity contribution in [3.63, 3.8) is 0 Å². The first-order valence-electron chi connectivity index (χ1n) is 4.38. The molecule has 0 spiro atoms. The van der Waals surface area contributed by atoms with Gasteiger partial charge in [-0.15, -0.1) is 0 Å². The molecule has 0 radical (unpaired) electrons. The van der Waals surface area contributed by atoms with Gasteiger partial charge in [0.2, 0.25) is 0 Å². The van der Waals surface area contributed by atoms with E-state index in [1.54, 1.807) is 0 Å². The van der Waals surface area contributed by atoms with Crippen molar-refractivity contribution in [1.29, 1.82) is 0 Å². The number of nitrogens with zero attached hydrogens (tertiary/aromatic N) is 1. The van der Waals surface area contributed by atoms with E-state index in [2.05, 4.69) is 0 Å². The molecule has 0 atom stereocenters. The summed E-state index contributed by atoms with van der Waals surface area (Å²) >= 11 is 0. The van der Waals surface area contributed by atoms with Gasteiger partial charge in [-0.2, -0.15) is 0 Å². The summed E-state index contributed by atoms with van der Waals surface area (Å²) in [7, 11) is -9.64. The van der Waals surface area contributed by atoms with Crippen molar-refractivity contribution in [2.45, 2.75) is 19.8 Å². The summed E-state index contributed by atoms with van der Waals surface area (Å²) in [6.45, 7) is 1.93. The van der Waals surface area contributed by atoms with Crippen LogP contribution in [0.4, 0.5) is 0 Å². The molecule has 0 saturated heterocycles. The second kappa shape index (κ2) is 13.9. The zero-order valence-corrected chi connectivity index (χ0v) is 19.1. The first-order chi connectivity index (χ1) is 6.64. The van der Waals surface area contributed by atoms with Crippen LogP contribution >= 0.6 is 15.2 Å². The van der Waals surface area contributed by atoms with E-state index in [4.69, 9.17) is 0 Å². The molecular weight excluding hydrogens is 313 g/mol. The third-order valence-corrected chi connectivity index (χ3v) is 3.07. The molecule has 12 heteroatoms. The second-order valence-electron chi connectivity index (χ2n) is 3.25. The standard InChI is InChI=1S/C6H17NO6P2.3Na/c1-2-3-4-7(5-14(8,9)10)6-15(11,12)13;;;/h2-6H2,1H3,(H2,8,9,10)(H2,11,12,13);;;/q;3*+1/p-4. The molecule has 0 aromatic rings. The molecule has 7 nitrogen and oxygen atoms in total. The molecule has 18 heavy (non-hydrogen) atoms. The van der Waals surface area contributed by atoms with Gasteiger partial charge < -0.3 is 28.7 Å². The summed E-state index contributed by atoms with van der Waals surface area (Å²) in [5.41, 5.74) is 0. The maximum absolute atomic E-state index is 10.4. The molecule has 0 amide bonds. The molecule has 0 aliphatic heterocycles. The van der Waals surface area contributed by atoms with E-state index in [1.807, 2.05) is 6.92 Å². The van der Waals surface area contributed by atoms with Crippen molar-refractivity contribution in [3.8, 4) is 0 Å². The zero-order valence-electron chi connectivity index (χ0n) is 11.3. The SMILES string of the molecule is CCCCN(CP(=O)([O-])[O-])CP(=O)([O-])[O-].[Na+].[Na+].[Na+]. The van der Waals surface area contributed by atoms with Crippen LogP contribution in [-0.4, -0.2) is 24.0 Å². The fraction of sp³-hybridized carbons (Fsp3) is 1.00. The van der Waals surface area contributed by atoms with Gasteiger partial charge in [-0.25, -0.2) is 0 Å². The average Bonchev–Trinajstić information content (AvgIpc) is 1.94. The molecular formula is C6H13NNa3O6P2-. The Kier molecular flexibility index (Phi) is 22.6. The molecule has 0 aliphatic rings. The van der Waals surface area contributed by atoms with E-state index in [0.717, 1.165) is 4.90 Å². The summed E-state index contributed by atoms with van der Waals surface area (Å²) in [6, 6.07) is 0. The molecule has 0 N–H and O–H groups in total. The van der Waals surface area contributed by atoms with Gasteiger partial charge in [0.15, 0.2) is 0 Å². The largest absolute Gasteiger partial charge is 1.00 e. The van der Waals surface area contributed by atoms with Gasteiger partial charge in [0, 0.05) is 12.6 Å². The van der Waals surface area contributed by atoms with Crippen LogP contribution < -0.4 is 108 Å². The maximum atomic E-state index is 10.4. The summed E-state index contributed by atoms with van der Waals surface area (Å²) < 4.78 is 20.9. The third-order valence-electron chi connectivity index (χ3n) is 1.57. The van der Waals surface area contributed by atoms with Crippen molar-refractivity contribution in [2.24, 2.45) is 0 Å². The Morgan fingerprint density at radius 1 is 0.889 bits per heavy atom. The third kappa shape index (κ3) is 21.6. The molecule has 0 bridgehead atoms. The van der Waals surface area contributed by atoms with Crippen LogP contribution in [0.15, 0.2) is 0 Å². The Hall–Kier alpha value is 3.26. The van der Waals surface area contributed by atoms with Crippen molar-refractivity contribution in [3.05, 3.63) is 0 Å². The molecule has 0 aromatic heterocycles. The Bertz CT molecular complexity index is 258. The van der Waals surface area contributed by atoms with Crippen molar-refractivity contribution < 1.29 is 117 Å². The number of hydrogen-bond acceptors (Lipinski definition) is 7. The van der Waals surface area contributed by atoms with Crippen LogP contribution in [0.2, 0.25) is 0 Å². The molecule has 0 heterocycles. The van der Waals surface area contributed by atoms with E-state index in [-0.39, 0.29) is 95.2 Å². The molecule has 0 fully saturated rings. The van der Waals surface area contributed by atoms with Crippen molar-refractivity contribution >= 4 is 15.2 Å². The minimum atomic E-state index is -4.82. The van der Waals surface area contributed by atoms with E-state index >= 15 is 0 Å². The zero-order chi connectivity index (χ0) is 12.1. The fourth-order valence-electron chi connectivity index (χ4n) is 1.06. The van der Waals surface area contributed by atoms with Crippen molar-refractivity contribution in [1.82, 2.24) is 4.90 Å². The van der Waals surface area contributed by atoms with E-state index in [0.29, 0.717) is 12.8 Å². The summed E-state index contributed by atoms with van der Waals surface area (Å²) in [5, 5.41) is 0. The maximum Gasteiger partial charge on any atom is 1.00 e. The Labute approximate surface area is 174 Å². The minimum Gasteiger partial charge on any atom is -0.810 e. The van der Waals surface area contributed by atoms with E-state index in [9.17, 15) is 28.7 Å². The average molecular weight is 326 g/mol. The Balaban J connectivity index is -0.000000327. The predicted octanol–water partition coefficient (Wildman–Crippen LogP) is -11.2. The van der Waals surface area contributed by atoms with Crippen LogP contribution in [0.3, 0.4) is 0 Å². The predicted molar refractivity (Wildman–Crippen MR) is 46.6 cm³/mol. The van der Waals surface area contributed by atoms with Gasteiger partial charge >= 0.3 is 88.7 Å². The summed E-state index contributed by atoms with van der Waals surface area (Å²) in [5.74, 6) is 0. The van der Waals surface area contributed by atoms with Gasteiger partial charge in [-0.1, -0.05) is 28.5 Å². The molecule has 92 valence electrons. The molecule has 0 aliphatic carbocycles. The quantitative estimate of drug-likeness (QED) is 0.335. The van der Waals surface area contributed by atoms with E-state index in [1.165, 1.54) is 0 Å². The second-order valence-corrected chi connectivity index (χ2v) is 6.26. The Morgan fingerprint density at radius 3 is 1.44 bits per heavy atom.